The van der Waals surface area contributed by atoms with Crippen molar-refractivity contribution in [3.8, 4) is 0 Å². The van der Waals surface area contributed by atoms with Crippen molar-refractivity contribution in [3.05, 3.63) is 71.3 Å². The first-order chi connectivity index (χ1) is 13.2. The number of ketones is 1. The van der Waals surface area contributed by atoms with Crippen LogP contribution in [-0.4, -0.2) is 26.8 Å². The molecule has 0 fully saturated rings. The number of nitrogens with one attached hydrogen (secondary N) is 1. The predicted molar refractivity (Wildman–Crippen MR) is 103 cm³/mol. The average molecular weight is 378 g/mol. The van der Waals surface area contributed by atoms with Crippen molar-refractivity contribution in [3.63, 3.8) is 0 Å². The Kier molecular flexibility index (Phi) is 3.89. The van der Waals surface area contributed by atoms with Crippen LogP contribution < -0.4 is 5.32 Å². The summed E-state index contributed by atoms with van der Waals surface area (Å²) in [7, 11) is 0. The quantitative estimate of drug-likeness (QED) is 0.694. The zero-order valence-corrected chi connectivity index (χ0v) is 15.6. The molecule has 5 rings (SSSR count). The van der Waals surface area contributed by atoms with Gasteiger partial charge >= 0.3 is 0 Å². The molecule has 7 heteroatoms. The van der Waals surface area contributed by atoms with Crippen molar-refractivity contribution < 1.29 is 9.21 Å². The van der Waals surface area contributed by atoms with E-state index in [9.17, 15) is 4.79 Å². The summed E-state index contributed by atoms with van der Waals surface area (Å²) >= 11 is 1.49. The summed E-state index contributed by atoms with van der Waals surface area (Å²) in [6.45, 7) is 0. The van der Waals surface area contributed by atoms with Crippen LogP contribution in [0.3, 0.4) is 0 Å². The molecule has 2 aliphatic rings. The first-order valence-electron chi connectivity index (χ1n) is 8.86. The van der Waals surface area contributed by atoms with Gasteiger partial charge in [0.1, 0.15) is 11.8 Å². The molecule has 1 aliphatic heterocycles. The molecule has 1 N–H and O–H groups in total. The molecule has 0 saturated heterocycles. The number of Topliss-reactive ketones (excluding diaryl/α,β-unsaturated/α-hetero) is 1. The van der Waals surface area contributed by atoms with Gasteiger partial charge in [0.15, 0.2) is 5.78 Å². The number of fused-ring (bicyclic) bond motifs is 1. The van der Waals surface area contributed by atoms with Gasteiger partial charge in [0.05, 0.1) is 6.26 Å². The van der Waals surface area contributed by atoms with E-state index in [1.165, 1.54) is 11.8 Å². The van der Waals surface area contributed by atoms with Crippen molar-refractivity contribution >= 4 is 23.5 Å². The molecule has 2 aromatic heterocycles. The van der Waals surface area contributed by atoms with E-state index in [0.29, 0.717) is 17.5 Å². The summed E-state index contributed by atoms with van der Waals surface area (Å²) in [5.74, 6) is 1.71. The smallest absolute Gasteiger partial charge is 0.227 e. The summed E-state index contributed by atoms with van der Waals surface area (Å²) in [6.07, 6.45) is 4.77. The van der Waals surface area contributed by atoms with Crippen molar-refractivity contribution in [1.29, 1.82) is 0 Å². The Hall–Kier alpha value is -2.80. The lowest BCUT2D eigenvalue weighted by Gasteiger charge is -2.34. The minimum atomic E-state index is -0.254. The van der Waals surface area contributed by atoms with E-state index in [4.69, 9.17) is 4.42 Å². The molecule has 136 valence electrons. The number of aromatic nitrogens is 3. The van der Waals surface area contributed by atoms with E-state index >= 15 is 0 Å². The average Bonchev–Trinajstić information content (AvgIpc) is 3.36. The lowest BCUT2D eigenvalue weighted by atomic mass is 9.79. The fourth-order valence-corrected chi connectivity index (χ4v) is 4.29. The van der Waals surface area contributed by atoms with Crippen LogP contribution in [0.25, 0.3) is 0 Å². The molecule has 6 nitrogen and oxygen atoms in total. The number of carbonyl (C=O) groups excluding carboxylic acids is 1. The Bertz CT molecular complexity index is 1020. The standard InChI is InChI=1S/C20H18N4O2S/c1-27-20-22-19-21-14-10-13(16-8-5-9-26-16)11-15(25)17(14)18(24(19)23-20)12-6-3-2-4-7-12/h2-9,13,18H,10-11H2,1H3,(H,21,22,23)/t13-,18-/m0/s1. The van der Waals surface area contributed by atoms with Crippen LogP contribution in [0, 0.1) is 0 Å². The van der Waals surface area contributed by atoms with Crippen molar-refractivity contribution in [2.24, 2.45) is 0 Å². The highest BCUT2D eigenvalue weighted by Crippen LogP contribution is 2.44. The molecule has 1 aliphatic carbocycles. The van der Waals surface area contributed by atoms with Crippen molar-refractivity contribution in [2.75, 3.05) is 11.6 Å². The molecule has 2 atom stereocenters. The van der Waals surface area contributed by atoms with Gasteiger partial charge in [-0.05, 0) is 30.4 Å². The lowest BCUT2D eigenvalue weighted by Crippen LogP contribution is -2.33. The first kappa shape index (κ1) is 16.4. The molecule has 0 spiro atoms. The van der Waals surface area contributed by atoms with Gasteiger partial charge in [-0.25, -0.2) is 4.68 Å². The first-order valence-corrected chi connectivity index (χ1v) is 10.1. The second-order valence-electron chi connectivity index (χ2n) is 6.74. The number of thioether (sulfide) groups is 1. The molecule has 0 saturated carbocycles. The Morgan fingerprint density at radius 1 is 1.19 bits per heavy atom. The molecule has 0 unspecified atom stereocenters. The van der Waals surface area contributed by atoms with Gasteiger partial charge in [0, 0.05) is 23.6 Å². The highest BCUT2D eigenvalue weighted by molar-refractivity contribution is 7.98. The molecule has 0 radical (unpaired) electrons. The van der Waals surface area contributed by atoms with Gasteiger partial charge in [-0.3, -0.25) is 4.79 Å². The number of benzene rings is 1. The van der Waals surface area contributed by atoms with Gasteiger partial charge in [-0.1, -0.05) is 42.1 Å². The second kappa shape index (κ2) is 6.42. The van der Waals surface area contributed by atoms with E-state index < -0.39 is 0 Å². The Labute approximate surface area is 160 Å². The number of carbonyl (C=O) groups is 1. The SMILES string of the molecule is CSc1nc2n(n1)[C@@H](c1ccccc1)C1=C(C[C@H](c3ccco3)CC1=O)N2. The fourth-order valence-electron chi connectivity index (χ4n) is 3.95. The number of rotatable bonds is 3. The van der Waals surface area contributed by atoms with Crippen LogP contribution in [0.5, 0.6) is 0 Å². The van der Waals surface area contributed by atoms with E-state index in [-0.39, 0.29) is 17.7 Å². The topological polar surface area (TPSA) is 73.0 Å². The summed E-state index contributed by atoms with van der Waals surface area (Å²) in [4.78, 5) is 17.8. The van der Waals surface area contributed by atoms with Crippen LogP contribution in [0.1, 0.15) is 36.1 Å². The highest BCUT2D eigenvalue weighted by Gasteiger charge is 2.40. The monoisotopic (exact) mass is 378 g/mol. The highest BCUT2D eigenvalue weighted by atomic mass is 32.2. The van der Waals surface area contributed by atoms with Gasteiger partial charge in [-0.2, -0.15) is 4.98 Å². The minimum Gasteiger partial charge on any atom is -0.469 e. The zero-order chi connectivity index (χ0) is 18.4. The van der Waals surface area contributed by atoms with Crippen LogP contribution in [0.15, 0.2) is 69.6 Å². The largest absolute Gasteiger partial charge is 0.469 e. The van der Waals surface area contributed by atoms with E-state index in [1.807, 2.05) is 53.4 Å². The molecular weight excluding hydrogens is 360 g/mol. The molecule has 0 amide bonds. The normalized spacial score (nSPS) is 21.6. The van der Waals surface area contributed by atoms with Crippen LogP contribution in [0.4, 0.5) is 5.95 Å². The van der Waals surface area contributed by atoms with E-state index in [2.05, 4.69) is 15.4 Å². The Morgan fingerprint density at radius 3 is 2.78 bits per heavy atom. The Balaban J connectivity index is 1.63. The van der Waals surface area contributed by atoms with Crippen LogP contribution in [-0.2, 0) is 4.79 Å². The van der Waals surface area contributed by atoms with Crippen molar-refractivity contribution in [1.82, 2.24) is 14.8 Å². The van der Waals surface area contributed by atoms with E-state index in [0.717, 1.165) is 29.0 Å². The molecule has 0 bridgehead atoms. The number of anilines is 1. The number of furan rings is 1. The lowest BCUT2D eigenvalue weighted by molar-refractivity contribution is -0.117. The summed E-state index contributed by atoms with van der Waals surface area (Å²) < 4.78 is 7.40. The maximum absolute atomic E-state index is 13.2. The van der Waals surface area contributed by atoms with Crippen LogP contribution in [0.2, 0.25) is 0 Å². The van der Waals surface area contributed by atoms with Crippen LogP contribution >= 0.6 is 11.8 Å². The minimum absolute atomic E-state index is 0.0460. The van der Waals surface area contributed by atoms with E-state index in [1.54, 1.807) is 6.26 Å². The van der Waals surface area contributed by atoms with Crippen molar-refractivity contribution in [2.45, 2.75) is 30.0 Å². The van der Waals surface area contributed by atoms with Gasteiger partial charge in [0.2, 0.25) is 11.1 Å². The maximum Gasteiger partial charge on any atom is 0.227 e. The maximum atomic E-state index is 13.2. The molecule has 3 heterocycles. The molecule has 1 aromatic carbocycles. The van der Waals surface area contributed by atoms with Gasteiger partial charge in [0.25, 0.3) is 0 Å². The summed E-state index contributed by atoms with van der Waals surface area (Å²) in [6, 6.07) is 13.6. The number of hydrogen-bond donors (Lipinski definition) is 1. The number of nitrogens with zero attached hydrogens (tertiary/aromatic N) is 3. The molecular formula is C20H18N4O2S. The summed E-state index contributed by atoms with van der Waals surface area (Å²) in [5, 5.41) is 8.68. The van der Waals surface area contributed by atoms with Gasteiger partial charge in [-0.15, -0.1) is 5.10 Å². The zero-order valence-electron chi connectivity index (χ0n) is 14.8. The number of allylic oxidation sites excluding steroid dienone is 2. The molecule has 27 heavy (non-hydrogen) atoms. The second-order valence-corrected chi connectivity index (χ2v) is 7.51. The predicted octanol–water partition coefficient (Wildman–Crippen LogP) is 4.01. The Morgan fingerprint density at radius 2 is 2.04 bits per heavy atom. The summed E-state index contributed by atoms with van der Waals surface area (Å²) in [5.41, 5.74) is 2.75. The fraction of sp³-hybridized carbons (Fsp3) is 0.250. The third-order valence-electron chi connectivity index (χ3n) is 5.14. The van der Waals surface area contributed by atoms with Gasteiger partial charge < -0.3 is 9.73 Å². The molecule has 3 aromatic rings. The third kappa shape index (κ3) is 2.70. The third-order valence-corrected chi connectivity index (χ3v) is 5.68. The number of hydrogen-bond acceptors (Lipinski definition) is 6.